The van der Waals surface area contributed by atoms with Crippen LogP contribution in [0.15, 0.2) is 30.5 Å². The van der Waals surface area contributed by atoms with E-state index in [4.69, 9.17) is 10.5 Å². The predicted molar refractivity (Wildman–Crippen MR) is 82.4 cm³/mol. The van der Waals surface area contributed by atoms with Crippen molar-refractivity contribution < 1.29 is 4.74 Å². The van der Waals surface area contributed by atoms with E-state index in [1.165, 1.54) is 5.56 Å². The topological polar surface area (TPSA) is 65.4 Å². The van der Waals surface area contributed by atoms with Crippen molar-refractivity contribution in [3.05, 3.63) is 53.0 Å². The molecule has 3 aromatic rings. The molecule has 0 aliphatic rings. The van der Waals surface area contributed by atoms with Gasteiger partial charge in [0, 0.05) is 6.20 Å². The number of aromatic nitrogens is 3. The van der Waals surface area contributed by atoms with Gasteiger partial charge in [0.05, 0.1) is 5.69 Å². The summed E-state index contributed by atoms with van der Waals surface area (Å²) < 4.78 is 7.77. The molecule has 0 aliphatic heterocycles. The summed E-state index contributed by atoms with van der Waals surface area (Å²) in [5.41, 5.74) is 10.6. The summed E-state index contributed by atoms with van der Waals surface area (Å²) in [5, 5.41) is 8.29. The standard InChI is InChI=1S/C16H18N4O/c1-10-4-5-12(3)14(7-10)21-9-15-18-19-16-13(17)6-11(2)8-20(15)16/h4-8H,9,17H2,1-3H3. The van der Waals surface area contributed by atoms with Crippen molar-refractivity contribution >= 4 is 11.3 Å². The van der Waals surface area contributed by atoms with Crippen LogP contribution >= 0.6 is 0 Å². The summed E-state index contributed by atoms with van der Waals surface area (Å²) in [4.78, 5) is 0. The highest BCUT2D eigenvalue weighted by molar-refractivity contribution is 5.65. The first-order chi connectivity index (χ1) is 10.0. The minimum Gasteiger partial charge on any atom is -0.485 e. The average Bonchev–Trinajstić information content (AvgIpc) is 2.83. The minimum absolute atomic E-state index is 0.356. The minimum atomic E-state index is 0.356. The lowest BCUT2D eigenvalue weighted by molar-refractivity contribution is 0.292. The SMILES string of the molecule is Cc1ccc(C)c(OCc2nnc3c(N)cc(C)cn23)c1. The highest BCUT2D eigenvalue weighted by Crippen LogP contribution is 2.21. The van der Waals surface area contributed by atoms with Crippen molar-refractivity contribution in [1.29, 1.82) is 0 Å². The van der Waals surface area contributed by atoms with Crippen LogP contribution in [-0.4, -0.2) is 14.6 Å². The zero-order chi connectivity index (χ0) is 15.0. The molecule has 2 N–H and O–H groups in total. The molecule has 21 heavy (non-hydrogen) atoms. The fraction of sp³-hybridized carbons (Fsp3) is 0.250. The van der Waals surface area contributed by atoms with E-state index < -0.39 is 0 Å². The Bertz CT molecular complexity index is 807. The van der Waals surface area contributed by atoms with Crippen LogP contribution in [0.2, 0.25) is 0 Å². The number of fused-ring (bicyclic) bond motifs is 1. The lowest BCUT2D eigenvalue weighted by atomic mass is 10.1. The predicted octanol–water partition coefficient (Wildman–Crippen LogP) is 2.82. The van der Waals surface area contributed by atoms with Gasteiger partial charge >= 0.3 is 0 Å². The van der Waals surface area contributed by atoms with Gasteiger partial charge in [-0.2, -0.15) is 0 Å². The van der Waals surface area contributed by atoms with Crippen molar-refractivity contribution in [2.24, 2.45) is 0 Å². The van der Waals surface area contributed by atoms with Crippen molar-refractivity contribution in [1.82, 2.24) is 14.6 Å². The molecule has 0 bridgehead atoms. The number of pyridine rings is 1. The maximum Gasteiger partial charge on any atom is 0.184 e. The maximum atomic E-state index is 5.96. The monoisotopic (exact) mass is 282 g/mol. The van der Waals surface area contributed by atoms with Gasteiger partial charge in [-0.05, 0) is 49.6 Å². The average molecular weight is 282 g/mol. The zero-order valence-corrected chi connectivity index (χ0v) is 12.4. The highest BCUT2D eigenvalue weighted by Gasteiger charge is 2.10. The lowest BCUT2D eigenvalue weighted by Gasteiger charge is -2.09. The number of aryl methyl sites for hydroxylation is 3. The Morgan fingerprint density at radius 2 is 1.90 bits per heavy atom. The first-order valence-corrected chi connectivity index (χ1v) is 6.84. The molecule has 1 aromatic carbocycles. The van der Waals surface area contributed by atoms with Crippen molar-refractivity contribution in [3.8, 4) is 5.75 Å². The fourth-order valence-corrected chi connectivity index (χ4v) is 2.31. The van der Waals surface area contributed by atoms with E-state index in [1.54, 1.807) is 0 Å². The number of nitrogens with two attached hydrogens (primary N) is 1. The van der Waals surface area contributed by atoms with Crippen LogP contribution < -0.4 is 10.5 Å². The molecular weight excluding hydrogens is 264 g/mol. The molecule has 0 atom stereocenters. The molecule has 5 nitrogen and oxygen atoms in total. The molecule has 3 rings (SSSR count). The number of nitrogens with zero attached hydrogens (tertiary/aromatic N) is 3. The van der Waals surface area contributed by atoms with E-state index in [9.17, 15) is 0 Å². The third kappa shape index (κ3) is 2.54. The smallest absolute Gasteiger partial charge is 0.184 e. The summed E-state index contributed by atoms with van der Waals surface area (Å²) in [7, 11) is 0. The molecule has 0 saturated carbocycles. The molecule has 5 heteroatoms. The number of anilines is 1. The van der Waals surface area contributed by atoms with Crippen LogP contribution in [0, 0.1) is 20.8 Å². The molecule has 0 fully saturated rings. The van der Waals surface area contributed by atoms with Crippen molar-refractivity contribution in [2.75, 3.05) is 5.73 Å². The second-order valence-electron chi connectivity index (χ2n) is 5.34. The normalized spacial score (nSPS) is 11.0. The first-order valence-electron chi connectivity index (χ1n) is 6.84. The molecule has 0 radical (unpaired) electrons. The van der Waals surface area contributed by atoms with Crippen molar-refractivity contribution in [2.45, 2.75) is 27.4 Å². The molecule has 0 amide bonds. The molecule has 2 aromatic heterocycles. The number of hydrogen-bond acceptors (Lipinski definition) is 4. The van der Waals surface area contributed by atoms with E-state index in [0.717, 1.165) is 22.7 Å². The van der Waals surface area contributed by atoms with Crippen LogP contribution in [0.4, 0.5) is 5.69 Å². The number of benzene rings is 1. The third-order valence-corrected chi connectivity index (χ3v) is 3.44. The Hall–Kier alpha value is -2.56. The summed E-state index contributed by atoms with van der Waals surface area (Å²) in [6, 6.07) is 8.03. The largest absolute Gasteiger partial charge is 0.485 e. The van der Waals surface area contributed by atoms with Gasteiger partial charge in [0.15, 0.2) is 11.5 Å². The summed E-state index contributed by atoms with van der Waals surface area (Å²) >= 11 is 0. The van der Waals surface area contributed by atoms with Gasteiger partial charge in [0.1, 0.15) is 12.4 Å². The van der Waals surface area contributed by atoms with Gasteiger partial charge in [0.2, 0.25) is 0 Å². The molecule has 0 spiro atoms. The zero-order valence-electron chi connectivity index (χ0n) is 12.4. The Labute approximate surface area is 123 Å². The van der Waals surface area contributed by atoms with Crippen LogP contribution in [0.3, 0.4) is 0 Å². The molecule has 0 aliphatic carbocycles. The van der Waals surface area contributed by atoms with Crippen LogP contribution in [0.5, 0.6) is 5.75 Å². The second-order valence-corrected chi connectivity index (χ2v) is 5.34. The molecule has 0 saturated heterocycles. The van der Waals surface area contributed by atoms with Crippen LogP contribution in [-0.2, 0) is 6.61 Å². The second kappa shape index (κ2) is 5.09. The van der Waals surface area contributed by atoms with E-state index in [0.29, 0.717) is 17.9 Å². The van der Waals surface area contributed by atoms with Crippen molar-refractivity contribution in [3.63, 3.8) is 0 Å². The number of rotatable bonds is 3. The van der Waals surface area contributed by atoms with Gasteiger partial charge < -0.3 is 10.5 Å². The summed E-state index contributed by atoms with van der Waals surface area (Å²) in [5.74, 6) is 1.61. The summed E-state index contributed by atoms with van der Waals surface area (Å²) in [6.07, 6.45) is 1.97. The lowest BCUT2D eigenvalue weighted by Crippen LogP contribution is -2.03. The van der Waals surface area contributed by atoms with Gasteiger partial charge in [-0.3, -0.25) is 4.40 Å². The van der Waals surface area contributed by atoms with Gasteiger partial charge in [-0.15, -0.1) is 10.2 Å². The Balaban J connectivity index is 1.90. The van der Waals surface area contributed by atoms with Crippen LogP contribution in [0.25, 0.3) is 5.65 Å². The Kier molecular flexibility index (Phi) is 3.25. The quantitative estimate of drug-likeness (QED) is 0.802. The van der Waals surface area contributed by atoms with Gasteiger partial charge in [-0.1, -0.05) is 12.1 Å². The Morgan fingerprint density at radius 3 is 2.71 bits per heavy atom. The molecule has 108 valence electrons. The number of hydrogen-bond donors (Lipinski definition) is 1. The van der Waals surface area contributed by atoms with Crippen LogP contribution in [0.1, 0.15) is 22.5 Å². The fourth-order valence-electron chi connectivity index (χ4n) is 2.31. The highest BCUT2D eigenvalue weighted by atomic mass is 16.5. The van der Waals surface area contributed by atoms with E-state index in [-0.39, 0.29) is 0 Å². The maximum absolute atomic E-state index is 5.96. The van der Waals surface area contributed by atoms with Gasteiger partial charge in [-0.25, -0.2) is 0 Å². The summed E-state index contributed by atoms with van der Waals surface area (Å²) in [6.45, 7) is 6.42. The van der Waals surface area contributed by atoms with E-state index in [2.05, 4.69) is 22.3 Å². The molecule has 2 heterocycles. The molecular formula is C16H18N4O. The number of nitrogen functional groups attached to an aromatic ring is 1. The van der Waals surface area contributed by atoms with E-state index >= 15 is 0 Å². The number of ether oxygens (including phenoxy) is 1. The Morgan fingerprint density at radius 1 is 1.10 bits per heavy atom. The van der Waals surface area contributed by atoms with E-state index in [1.807, 2.05) is 43.5 Å². The first kappa shape index (κ1) is 13.4. The van der Waals surface area contributed by atoms with Gasteiger partial charge in [0.25, 0.3) is 0 Å². The third-order valence-electron chi connectivity index (χ3n) is 3.44. The molecule has 0 unspecified atom stereocenters.